The van der Waals surface area contributed by atoms with Gasteiger partial charge in [-0.05, 0) is 25.0 Å². The molecule has 146 valence electrons. The van der Waals surface area contributed by atoms with Gasteiger partial charge in [-0.2, -0.15) is 0 Å². The first-order chi connectivity index (χ1) is 12.6. The molecule has 2 unspecified atom stereocenters. The third-order valence-electron chi connectivity index (χ3n) is 4.23. The largest absolute Gasteiger partial charge is 0.479 e. The highest BCUT2D eigenvalue weighted by atomic mass is 19.1. The van der Waals surface area contributed by atoms with Gasteiger partial charge in [-0.3, -0.25) is 4.79 Å². The number of hydrogen-bond donors (Lipinski definition) is 3. The number of fused-ring (bicyclic) bond motifs is 1. The van der Waals surface area contributed by atoms with Crippen molar-refractivity contribution in [3.8, 4) is 0 Å². The zero-order chi connectivity index (χ0) is 20.4. The lowest BCUT2D eigenvalue weighted by Gasteiger charge is -2.29. The Labute approximate surface area is 153 Å². The maximum atomic E-state index is 13.9. The van der Waals surface area contributed by atoms with E-state index in [-0.39, 0.29) is 16.5 Å². The molecule has 0 fully saturated rings. The Morgan fingerprint density at radius 3 is 2.56 bits per heavy atom. The molecule has 9 heteroatoms. The predicted molar refractivity (Wildman–Crippen MR) is 91.9 cm³/mol. The van der Waals surface area contributed by atoms with Crippen molar-refractivity contribution in [1.29, 1.82) is 0 Å². The zero-order valence-corrected chi connectivity index (χ0v) is 15.1. The second-order valence-corrected chi connectivity index (χ2v) is 6.32. The molecule has 2 atom stereocenters. The average molecular weight is 382 g/mol. The minimum absolute atomic E-state index is 0.0381. The van der Waals surface area contributed by atoms with Crippen molar-refractivity contribution in [2.24, 2.45) is 0 Å². The number of aromatic amines is 1. The first-order valence-electron chi connectivity index (χ1n) is 8.29. The Kier molecular flexibility index (Phi) is 5.82. The Balaban J connectivity index is 2.56. The summed E-state index contributed by atoms with van der Waals surface area (Å²) < 4.78 is 32.6. The van der Waals surface area contributed by atoms with Crippen LogP contribution in [0.5, 0.6) is 0 Å². The molecule has 27 heavy (non-hydrogen) atoms. The van der Waals surface area contributed by atoms with Crippen LogP contribution in [0.2, 0.25) is 0 Å². The standard InChI is InChI=1S/C18H20F2N2O5/c1-4-9(2)27-17(26)18(16(24)25,22-10(3)23)7-11-8-21-15-13(11)5-12(19)6-14(15)20/h5-6,8-9,21H,4,7H2,1-3H3,(H,22,23)(H,24,25). The molecule has 0 aliphatic carbocycles. The molecule has 2 rings (SSSR count). The monoisotopic (exact) mass is 382 g/mol. The molecule has 1 aromatic heterocycles. The topological polar surface area (TPSA) is 108 Å². The summed E-state index contributed by atoms with van der Waals surface area (Å²) in [5.74, 6) is -5.29. The number of amides is 1. The van der Waals surface area contributed by atoms with E-state index in [9.17, 15) is 28.3 Å². The van der Waals surface area contributed by atoms with Crippen molar-refractivity contribution in [2.45, 2.75) is 45.3 Å². The van der Waals surface area contributed by atoms with E-state index < -0.39 is 47.5 Å². The minimum Gasteiger partial charge on any atom is -0.479 e. The highest BCUT2D eigenvalue weighted by molar-refractivity contribution is 6.07. The molecular formula is C18H20F2N2O5. The number of carbonyl (C=O) groups excluding carboxylic acids is 2. The molecule has 7 nitrogen and oxygen atoms in total. The van der Waals surface area contributed by atoms with E-state index in [2.05, 4.69) is 10.3 Å². The van der Waals surface area contributed by atoms with E-state index in [1.165, 1.54) is 6.20 Å². The van der Waals surface area contributed by atoms with Crippen LogP contribution in [0, 0.1) is 11.6 Å². The van der Waals surface area contributed by atoms with Gasteiger partial charge in [-0.1, -0.05) is 6.92 Å². The summed E-state index contributed by atoms with van der Waals surface area (Å²) in [4.78, 5) is 38.8. The van der Waals surface area contributed by atoms with Gasteiger partial charge in [0.05, 0.1) is 11.6 Å². The third-order valence-corrected chi connectivity index (χ3v) is 4.23. The predicted octanol–water partition coefficient (Wildman–Crippen LogP) is 2.29. The Morgan fingerprint density at radius 2 is 2.00 bits per heavy atom. The third kappa shape index (κ3) is 4.07. The lowest BCUT2D eigenvalue weighted by Crippen LogP contribution is -2.62. The van der Waals surface area contributed by atoms with Crippen LogP contribution in [-0.2, 0) is 25.5 Å². The van der Waals surface area contributed by atoms with Gasteiger partial charge in [0.15, 0.2) is 0 Å². The number of H-pyrrole nitrogens is 1. The fraction of sp³-hybridized carbons (Fsp3) is 0.389. The number of hydrogen-bond acceptors (Lipinski definition) is 4. The van der Waals surface area contributed by atoms with Gasteiger partial charge in [0.2, 0.25) is 11.4 Å². The van der Waals surface area contributed by atoms with Crippen LogP contribution in [0.1, 0.15) is 32.8 Å². The van der Waals surface area contributed by atoms with E-state index in [1.807, 2.05) is 0 Å². The van der Waals surface area contributed by atoms with E-state index in [1.54, 1.807) is 13.8 Å². The molecule has 2 aromatic rings. The van der Waals surface area contributed by atoms with Crippen LogP contribution in [-0.4, -0.2) is 39.6 Å². The van der Waals surface area contributed by atoms with Crippen molar-refractivity contribution >= 4 is 28.7 Å². The second kappa shape index (κ2) is 7.73. The number of halogens is 2. The number of nitrogens with one attached hydrogen (secondary N) is 2. The maximum Gasteiger partial charge on any atom is 0.344 e. The number of aliphatic carboxylic acids is 1. The van der Waals surface area contributed by atoms with Gasteiger partial charge in [0.25, 0.3) is 0 Å². The number of carboxylic acids is 1. The van der Waals surface area contributed by atoms with Crippen molar-refractivity contribution in [3.05, 3.63) is 35.5 Å². The van der Waals surface area contributed by atoms with Crippen molar-refractivity contribution in [2.75, 3.05) is 0 Å². The number of rotatable bonds is 7. The van der Waals surface area contributed by atoms with Gasteiger partial charge >= 0.3 is 11.9 Å². The summed E-state index contributed by atoms with van der Waals surface area (Å²) >= 11 is 0. The van der Waals surface area contributed by atoms with Crippen molar-refractivity contribution in [3.63, 3.8) is 0 Å². The van der Waals surface area contributed by atoms with Crippen LogP contribution in [0.15, 0.2) is 18.3 Å². The summed E-state index contributed by atoms with van der Waals surface area (Å²) in [5.41, 5.74) is -2.34. The minimum atomic E-state index is -2.44. The lowest BCUT2D eigenvalue weighted by molar-refractivity contribution is -0.168. The molecule has 0 saturated carbocycles. The molecule has 0 aliphatic heterocycles. The molecule has 0 saturated heterocycles. The number of ether oxygens (including phenoxy) is 1. The van der Waals surface area contributed by atoms with Crippen LogP contribution in [0.3, 0.4) is 0 Å². The number of benzene rings is 1. The van der Waals surface area contributed by atoms with Crippen LogP contribution in [0.4, 0.5) is 8.78 Å². The SMILES string of the molecule is CCC(C)OC(=O)C(Cc1c[nH]c2c(F)cc(F)cc12)(NC(C)=O)C(=O)O. The first kappa shape index (κ1) is 20.3. The average Bonchev–Trinajstić information content (AvgIpc) is 2.96. The van der Waals surface area contributed by atoms with Crippen LogP contribution < -0.4 is 5.32 Å². The summed E-state index contributed by atoms with van der Waals surface area (Å²) in [6, 6.07) is 1.70. The number of aromatic nitrogens is 1. The summed E-state index contributed by atoms with van der Waals surface area (Å²) in [6.45, 7) is 4.38. The van der Waals surface area contributed by atoms with E-state index in [0.29, 0.717) is 12.5 Å². The fourth-order valence-electron chi connectivity index (χ4n) is 2.69. The Morgan fingerprint density at radius 1 is 1.33 bits per heavy atom. The van der Waals surface area contributed by atoms with Gasteiger partial charge < -0.3 is 20.1 Å². The maximum absolute atomic E-state index is 13.9. The molecule has 3 N–H and O–H groups in total. The normalized spacial score (nSPS) is 14.4. The molecule has 1 heterocycles. The molecular weight excluding hydrogens is 362 g/mol. The highest BCUT2D eigenvalue weighted by Gasteiger charge is 2.50. The molecule has 0 bridgehead atoms. The first-order valence-corrected chi connectivity index (χ1v) is 8.29. The molecule has 0 aliphatic rings. The van der Waals surface area contributed by atoms with Crippen molar-refractivity contribution in [1.82, 2.24) is 10.3 Å². The summed E-state index contributed by atoms with van der Waals surface area (Å²) in [5, 5.41) is 11.9. The molecule has 0 radical (unpaired) electrons. The van der Waals surface area contributed by atoms with Crippen LogP contribution in [0.25, 0.3) is 10.9 Å². The molecule has 0 spiro atoms. The van der Waals surface area contributed by atoms with Gasteiger partial charge in [0, 0.05) is 31.0 Å². The van der Waals surface area contributed by atoms with Gasteiger partial charge in [-0.25, -0.2) is 18.4 Å². The Hall–Kier alpha value is -2.97. The zero-order valence-electron chi connectivity index (χ0n) is 15.1. The summed E-state index contributed by atoms with van der Waals surface area (Å²) in [7, 11) is 0. The molecule has 1 amide bonds. The van der Waals surface area contributed by atoms with Gasteiger partial charge in [-0.15, -0.1) is 0 Å². The smallest absolute Gasteiger partial charge is 0.344 e. The fourth-order valence-corrected chi connectivity index (χ4v) is 2.69. The quantitative estimate of drug-likeness (QED) is 0.503. The van der Waals surface area contributed by atoms with E-state index in [4.69, 9.17) is 4.74 Å². The highest BCUT2D eigenvalue weighted by Crippen LogP contribution is 2.27. The van der Waals surface area contributed by atoms with E-state index >= 15 is 0 Å². The molecule has 1 aromatic carbocycles. The lowest BCUT2D eigenvalue weighted by atomic mass is 9.90. The number of esters is 1. The number of carbonyl (C=O) groups is 3. The van der Waals surface area contributed by atoms with Crippen LogP contribution >= 0.6 is 0 Å². The Bertz CT molecular complexity index is 895. The van der Waals surface area contributed by atoms with Gasteiger partial charge in [0.1, 0.15) is 11.6 Å². The van der Waals surface area contributed by atoms with E-state index in [0.717, 1.165) is 13.0 Å². The second-order valence-electron chi connectivity index (χ2n) is 6.32. The number of carboxylic acid groups (broad SMARTS) is 1. The van der Waals surface area contributed by atoms with Crippen molar-refractivity contribution < 1.29 is 33.0 Å². The summed E-state index contributed by atoms with van der Waals surface area (Å²) in [6.07, 6.45) is 0.566.